The molecule has 0 fully saturated rings. The van der Waals surface area contributed by atoms with Crippen LogP contribution in [0.5, 0.6) is 0 Å². The van der Waals surface area contributed by atoms with Gasteiger partial charge in [-0.2, -0.15) is 0 Å². The van der Waals surface area contributed by atoms with E-state index in [1.54, 1.807) is 48.5 Å². The minimum atomic E-state index is -0.646. The molecule has 0 aromatic heterocycles. The second-order valence-corrected chi connectivity index (χ2v) is 6.88. The lowest BCUT2D eigenvalue weighted by molar-refractivity contribution is 0.0512. The molecule has 0 saturated heterocycles. The van der Waals surface area contributed by atoms with E-state index in [2.05, 4.69) is 15.8 Å². The van der Waals surface area contributed by atoms with Crippen LogP contribution in [0.1, 0.15) is 54.9 Å². The summed E-state index contributed by atoms with van der Waals surface area (Å²) in [5.74, 6) is 0.299. The van der Waals surface area contributed by atoms with E-state index in [-0.39, 0.29) is 0 Å². The molecule has 0 atom stereocenters. The Morgan fingerprint density at radius 3 is 2.00 bits per heavy atom. The van der Waals surface area contributed by atoms with Crippen LogP contribution in [0.4, 0.5) is 9.59 Å². The average Bonchev–Trinajstić information content (AvgIpc) is 2.31. The zero-order chi connectivity index (χ0) is 18.1. The Bertz CT molecular complexity index is 422. The van der Waals surface area contributed by atoms with Crippen LogP contribution in [0.3, 0.4) is 0 Å². The third-order valence-corrected chi connectivity index (χ3v) is 2.00. The quantitative estimate of drug-likeness (QED) is 0.349. The van der Waals surface area contributed by atoms with Crippen LogP contribution in [-0.2, 0) is 14.2 Å². The van der Waals surface area contributed by atoms with Gasteiger partial charge < -0.3 is 19.5 Å². The molecule has 0 saturated carbocycles. The van der Waals surface area contributed by atoms with Gasteiger partial charge in [-0.1, -0.05) is 0 Å². The molecule has 0 spiro atoms. The number of nitrogens with zero attached hydrogens (tertiary/aromatic N) is 1. The van der Waals surface area contributed by atoms with E-state index in [1.165, 1.54) is 0 Å². The van der Waals surface area contributed by atoms with Crippen molar-refractivity contribution < 1.29 is 23.8 Å². The summed E-state index contributed by atoms with van der Waals surface area (Å²) in [5.41, 5.74) is 1.14. The maximum absolute atomic E-state index is 11.4. The van der Waals surface area contributed by atoms with Gasteiger partial charge in [0.05, 0.1) is 6.61 Å². The van der Waals surface area contributed by atoms with Gasteiger partial charge in [-0.25, -0.2) is 15.0 Å². The smallest absolute Gasteiger partial charge is 0.428 e. The van der Waals surface area contributed by atoms with Crippen LogP contribution in [0.25, 0.3) is 0 Å². The highest BCUT2D eigenvalue weighted by atomic mass is 16.6. The molecule has 23 heavy (non-hydrogen) atoms. The zero-order valence-corrected chi connectivity index (χ0v) is 15.1. The highest BCUT2D eigenvalue weighted by Gasteiger charge is 2.16. The van der Waals surface area contributed by atoms with Gasteiger partial charge in [0.2, 0.25) is 5.90 Å². The van der Waals surface area contributed by atoms with E-state index >= 15 is 0 Å². The van der Waals surface area contributed by atoms with Crippen LogP contribution in [-0.4, -0.2) is 42.4 Å². The van der Waals surface area contributed by atoms with E-state index in [0.717, 1.165) is 0 Å². The summed E-state index contributed by atoms with van der Waals surface area (Å²) >= 11 is 0. The molecule has 0 aliphatic heterocycles. The van der Waals surface area contributed by atoms with Crippen molar-refractivity contribution in [1.82, 2.24) is 10.7 Å². The number of carbonyl (C=O) groups excluding carboxylic acids is 2. The Balaban J connectivity index is 3.82. The number of hydrazone groups is 1. The Labute approximate surface area is 137 Å². The molecule has 8 heteroatoms. The summed E-state index contributed by atoms with van der Waals surface area (Å²) < 4.78 is 15.4. The van der Waals surface area contributed by atoms with Gasteiger partial charge in [0.1, 0.15) is 11.2 Å². The number of rotatable bonds is 5. The summed E-state index contributed by atoms with van der Waals surface area (Å²) in [6.45, 7) is 13.1. The van der Waals surface area contributed by atoms with E-state index in [4.69, 9.17) is 14.2 Å². The fourth-order valence-corrected chi connectivity index (χ4v) is 1.25. The number of carbonyl (C=O) groups is 2. The van der Waals surface area contributed by atoms with Crippen molar-refractivity contribution in [3.63, 3.8) is 0 Å². The lowest BCUT2D eigenvalue weighted by Gasteiger charge is -2.19. The minimum absolute atomic E-state index is 0.299. The van der Waals surface area contributed by atoms with Crippen LogP contribution in [0, 0.1) is 0 Å². The molecule has 0 unspecified atom stereocenters. The number of nitrogens with one attached hydrogen (secondary N) is 2. The fraction of sp³-hybridized carbons (Fsp3) is 0.800. The van der Waals surface area contributed by atoms with Crippen molar-refractivity contribution in [2.45, 2.75) is 66.1 Å². The van der Waals surface area contributed by atoms with E-state index in [9.17, 15) is 9.59 Å². The number of alkyl carbamates (subject to hydrolysis) is 1. The normalized spacial score (nSPS) is 12.4. The van der Waals surface area contributed by atoms with Crippen molar-refractivity contribution in [3.05, 3.63) is 0 Å². The van der Waals surface area contributed by atoms with E-state index in [1.807, 2.05) is 0 Å². The zero-order valence-electron chi connectivity index (χ0n) is 15.1. The predicted octanol–water partition coefficient (Wildman–Crippen LogP) is 2.78. The van der Waals surface area contributed by atoms with Crippen molar-refractivity contribution in [2.24, 2.45) is 5.10 Å². The molecule has 2 amide bonds. The summed E-state index contributed by atoms with van der Waals surface area (Å²) in [6.07, 6.45) is -0.528. The van der Waals surface area contributed by atoms with Crippen LogP contribution in [0.15, 0.2) is 5.10 Å². The Morgan fingerprint density at radius 1 is 0.957 bits per heavy atom. The summed E-state index contributed by atoms with van der Waals surface area (Å²) in [5, 5.41) is 6.37. The van der Waals surface area contributed by atoms with E-state index in [0.29, 0.717) is 25.5 Å². The summed E-state index contributed by atoms with van der Waals surface area (Å²) in [4.78, 5) is 22.8. The first-order valence-electron chi connectivity index (χ1n) is 7.52. The van der Waals surface area contributed by atoms with Crippen molar-refractivity contribution in [3.8, 4) is 0 Å². The molecule has 0 aliphatic rings. The molecule has 134 valence electrons. The first-order valence-corrected chi connectivity index (χ1v) is 7.52. The molecular weight excluding hydrogens is 302 g/mol. The molecule has 0 aromatic rings. The van der Waals surface area contributed by atoms with Gasteiger partial charge in [0.15, 0.2) is 0 Å². The molecule has 8 nitrogen and oxygen atoms in total. The molecular formula is C15H29N3O5. The summed E-state index contributed by atoms with van der Waals surface area (Å²) in [7, 11) is 0. The molecule has 0 aliphatic carbocycles. The summed E-state index contributed by atoms with van der Waals surface area (Å²) in [6, 6.07) is 0. The lowest BCUT2D eigenvalue weighted by Crippen LogP contribution is -2.33. The number of hydrogen-bond donors (Lipinski definition) is 2. The van der Waals surface area contributed by atoms with Crippen molar-refractivity contribution >= 4 is 18.1 Å². The van der Waals surface area contributed by atoms with Gasteiger partial charge in [0.25, 0.3) is 0 Å². The van der Waals surface area contributed by atoms with Gasteiger partial charge in [0, 0.05) is 13.5 Å². The highest BCUT2D eigenvalue weighted by molar-refractivity contribution is 5.76. The second kappa shape index (κ2) is 9.22. The topological polar surface area (TPSA) is 98.3 Å². The third kappa shape index (κ3) is 14.7. The average molecular weight is 331 g/mol. The van der Waals surface area contributed by atoms with Gasteiger partial charge in [-0.15, -0.1) is 5.10 Å². The lowest BCUT2D eigenvalue weighted by atomic mass is 10.2. The minimum Gasteiger partial charge on any atom is -0.480 e. The van der Waals surface area contributed by atoms with Gasteiger partial charge >= 0.3 is 12.2 Å². The van der Waals surface area contributed by atoms with E-state index < -0.39 is 23.4 Å². The van der Waals surface area contributed by atoms with Crippen LogP contribution < -0.4 is 10.7 Å². The molecule has 2 N–H and O–H groups in total. The molecule has 0 bridgehead atoms. The Hall–Kier alpha value is -1.99. The van der Waals surface area contributed by atoms with Crippen molar-refractivity contribution in [2.75, 3.05) is 13.2 Å². The maximum Gasteiger partial charge on any atom is 0.428 e. The predicted molar refractivity (Wildman–Crippen MR) is 87.3 cm³/mol. The Morgan fingerprint density at radius 2 is 1.48 bits per heavy atom. The largest absolute Gasteiger partial charge is 0.480 e. The number of amides is 2. The standard InChI is InChI=1S/C15H29N3O5/c1-11(17-18-13(20)23-15(5,6)7)21-10-8-9-16-12(19)22-14(2,3)4/h8-10H2,1-7H3,(H,16,19)(H,18,20)/b17-11+. The first kappa shape index (κ1) is 21.0. The monoisotopic (exact) mass is 331 g/mol. The van der Waals surface area contributed by atoms with Crippen molar-refractivity contribution in [1.29, 1.82) is 0 Å². The third-order valence-electron chi connectivity index (χ3n) is 2.00. The molecule has 0 aromatic carbocycles. The number of ether oxygens (including phenoxy) is 3. The fourth-order valence-electron chi connectivity index (χ4n) is 1.25. The Kier molecular flexibility index (Phi) is 8.42. The molecule has 0 rings (SSSR count). The molecule has 0 heterocycles. The molecule has 0 radical (unpaired) electrons. The number of hydrogen-bond acceptors (Lipinski definition) is 6. The first-order chi connectivity index (χ1) is 10.4. The maximum atomic E-state index is 11.4. The van der Waals surface area contributed by atoms with Crippen LogP contribution in [0.2, 0.25) is 0 Å². The van der Waals surface area contributed by atoms with Gasteiger partial charge in [-0.05, 0) is 48.0 Å². The van der Waals surface area contributed by atoms with Gasteiger partial charge in [-0.3, -0.25) is 0 Å². The highest BCUT2D eigenvalue weighted by Crippen LogP contribution is 2.07. The van der Waals surface area contributed by atoms with Crippen LogP contribution >= 0.6 is 0 Å². The SMILES string of the molecule is C/C(=N\NC(=O)OC(C)(C)C)OCCCNC(=O)OC(C)(C)C. The second-order valence-electron chi connectivity index (χ2n) is 6.88.